The first-order valence-corrected chi connectivity index (χ1v) is 9.25. The summed E-state index contributed by atoms with van der Waals surface area (Å²) in [6.45, 7) is 3.30. The lowest BCUT2D eigenvalue weighted by Crippen LogP contribution is -2.18. The predicted molar refractivity (Wildman–Crippen MR) is 98.4 cm³/mol. The van der Waals surface area contributed by atoms with Gasteiger partial charge in [-0.3, -0.25) is 0 Å². The van der Waals surface area contributed by atoms with Crippen LogP contribution in [-0.4, -0.2) is 31.7 Å². The summed E-state index contributed by atoms with van der Waals surface area (Å²) in [4.78, 5) is 0. The number of hydrogen-bond acceptors (Lipinski definition) is 5. The molecule has 2 heterocycles. The number of rotatable bonds is 5. The lowest BCUT2D eigenvalue weighted by atomic mass is 9.89. The molecule has 6 nitrogen and oxygen atoms in total. The SMILES string of the molecule is Cc1nnc(NCC2CCCCC2)c2c1nnn2Cc1ccc(F)cc1. The van der Waals surface area contributed by atoms with E-state index in [9.17, 15) is 4.39 Å². The molecule has 0 amide bonds. The van der Waals surface area contributed by atoms with Crippen LogP contribution in [0.1, 0.15) is 43.4 Å². The summed E-state index contributed by atoms with van der Waals surface area (Å²) >= 11 is 0. The molecule has 0 saturated heterocycles. The monoisotopic (exact) mass is 354 g/mol. The van der Waals surface area contributed by atoms with Gasteiger partial charge in [0.05, 0.1) is 12.2 Å². The number of aryl methyl sites for hydroxylation is 1. The second kappa shape index (κ2) is 7.35. The summed E-state index contributed by atoms with van der Waals surface area (Å²) in [6.07, 6.45) is 6.50. The third kappa shape index (κ3) is 3.52. The number of aromatic nitrogens is 5. The zero-order chi connectivity index (χ0) is 17.9. The quantitative estimate of drug-likeness (QED) is 0.756. The molecule has 1 saturated carbocycles. The number of fused-ring (bicyclic) bond motifs is 1. The van der Waals surface area contributed by atoms with Crippen LogP contribution in [0.2, 0.25) is 0 Å². The van der Waals surface area contributed by atoms with Crippen LogP contribution in [0.5, 0.6) is 0 Å². The van der Waals surface area contributed by atoms with E-state index in [2.05, 4.69) is 25.8 Å². The first-order valence-electron chi connectivity index (χ1n) is 9.25. The second-order valence-electron chi connectivity index (χ2n) is 7.09. The minimum absolute atomic E-state index is 0.242. The lowest BCUT2D eigenvalue weighted by molar-refractivity contribution is 0.373. The molecule has 7 heteroatoms. The smallest absolute Gasteiger partial charge is 0.176 e. The Bertz CT molecular complexity index is 883. The summed E-state index contributed by atoms with van der Waals surface area (Å²) in [7, 11) is 0. The van der Waals surface area contributed by atoms with E-state index in [1.807, 2.05) is 11.6 Å². The average Bonchev–Trinajstić information content (AvgIpc) is 3.09. The Balaban J connectivity index is 1.61. The molecule has 0 radical (unpaired) electrons. The van der Waals surface area contributed by atoms with Gasteiger partial charge in [0.25, 0.3) is 0 Å². The van der Waals surface area contributed by atoms with E-state index < -0.39 is 0 Å². The zero-order valence-corrected chi connectivity index (χ0v) is 15.0. The Morgan fingerprint density at radius 3 is 2.62 bits per heavy atom. The molecule has 26 heavy (non-hydrogen) atoms. The summed E-state index contributed by atoms with van der Waals surface area (Å²) in [5, 5.41) is 20.6. The van der Waals surface area contributed by atoms with E-state index in [4.69, 9.17) is 0 Å². The summed E-state index contributed by atoms with van der Waals surface area (Å²) in [5.41, 5.74) is 3.34. The van der Waals surface area contributed by atoms with E-state index in [0.29, 0.717) is 12.5 Å². The maximum absolute atomic E-state index is 13.1. The molecule has 0 aliphatic heterocycles. The molecule has 2 aromatic heterocycles. The minimum Gasteiger partial charge on any atom is -0.366 e. The van der Waals surface area contributed by atoms with Gasteiger partial charge in [0, 0.05) is 6.54 Å². The molecule has 1 aromatic carbocycles. The molecule has 4 rings (SSSR count). The van der Waals surface area contributed by atoms with Crippen molar-refractivity contribution in [2.24, 2.45) is 5.92 Å². The van der Waals surface area contributed by atoms with Crippen molar-refractivity contribution in [2.75, 3.05) is 11.9 Å². The highest BCUT2D eigenvalue weighted by molar-refractivity contribution is 5.86. The van der Waals surface area contributed by atoms with E-state index in [-0.39, 0.29) is 5.82 Å². The number of nitrogens with zero attached hydrogens (tertiary/aromatic N) is 5. The van der Waals surface area contributed by atoms with Gasteiger partial charge in [-0.15, -0.1) is 10.2 Å². The highest BCUT2D eigenvalue weighted by Crippen LogP contribution is 2.26. The Morgan fingerprint density at radius 2 is 1.85 bits per heavy atom. The molecule has 1 aliphatic rings. The second-order valence-corrected chi connectivity index (χ2v) is 7.09. The van der Waals surface area contributed by atoms with E-state index in [0.717, 1.165) is 34.7 Å². The van der Waals surface area contributed by atoms with Gasteiger partial charge >= 0.3 is 0 Å². The van der Waals surface area contributed by atoms with Crippen LogP contribution in [0.25, 0.3) is 11.0 Å². The molecule has 0 atom stereocenters. The molecule has 0 unspecified atom stereocenters. The number of benzene rings is 1. The topological polar surface area (TPSA) is 68.5 Å². The average molecular weight is 354 g/mol. The van der Waals surface area contributed by atoms with Gasteiger partial charge in [0.15, 0.2) is 5.82 Å². The molecule has 136 valence electrons. The highest BCUT2D eigenvalue weighted by Gasteiger charge is 2.18. The van der Waals surface area contributed by atoms with Gasteiger partial charge in [-0.2, -0.15) is 5.10 Å². The summed E-state index contributed by atoms with van der Waals surface area (Å²) in [6, 6.07) is 6.45. The molecule has 0 spiro atoms. The van der Waals surface area contributed by atoms with Crippen molar-refractivity contribution >= 4 is 16.9 Å². The summed E-state index contributed by atoms with van der Waals surface area (Å²) < 4.78 is 15.0. The van der Waals surface area contributed by atoms with Gasteiger partial charge in [-0.25, -0.2) is 9.07 Å². The maximum Gasteiger partial charge on any atom is 0.176 e. The van der Waals surface area contributed by atoms with Crippen molar-refractivity contribution in [1.82, 2.24) is 25.2 Å². The predicted octanol–water partition coefficient (Wildman–Crippen LogP) is 3.71. The fourth-order valence-electron chi connectivity index (χ4n) is 3.64. The molecule has 1 aliphatic carbocycles. The zero-order valence-electron chi connectivity index (χ0n) is 15.0. The van der Waals surface area contributed by atoms with Crippen LogP contribution >= 0.6 is 0 Å². The number of anilines is 1. The van der Waals surface area contributed by atoms with Crippen molar-refractivity contribution in [3.05, 3.63) is 41.3 Å². The molecule has 0 bridgehead atoms. The van der Waals surface area contributed by atoms with Crippen LogP contribution in [0.3, 0.4) is 0 Å². The lowest BCUT2D eigenvalue weighted by Gasteiger charge is -2.22. The first kappa shape index (κ1) is 16.9. The fourth-order valence-corrected chi connectivity index (χ4v) is 3.64. The van der Waals surface area contributed by atoms with Crippen LogP contribution < -0.4 is 5.32 Å². The Labute approximate surface area is 151 Å². The number of nitrogens with one attached hydrogen (secondary N) is 1. The third-order valence-electron chi connectivity index (χ3n) is 5.13. The van der Waals surface area contributed by atoms with Crippen LogP contribution in [0.4, 0.5) is 10.2 Å². The fraction of sp³-hybridized carbons (Fsp3) is 0.474. The van der Waals surface area contributed by atoms with Crippen molar-refractivity contribution in [3.8, 4) is 0 Å². The van der Waals surface area contributed by atoms with Gasteiger partial charge in [-0.05, 0) is 43.4 Å². The molecule has 1 N–H and O–H groups in total. The largest absolute Gasteiger partial charge is 0.366 e. The van der Waals surface area contributed by atoms with Crippen molar-refractivity contribution in [2.45, 2.75) is 45.6 Å². The Kier molecular flexibility index (Phi) is 4.77. The van der Waals surface area contributed by atoms with E-state index in [1.54, 1.807) is 12.1 Å². The number of halogens is 1. The van der Waals surface area contributed by atoms with Crippen LogP contribution in [-0.2, 0) is 6.54 Å². The van der Waals surface area contributed by atoms with Crippen molar-refractivity contribution in [1.29, 1.82) is 0 Å². The van der Waals surface area contributed by atoms with Crippen LogP contribution in [0.15, 0.2) is 24.3 Å². The normalized spacial score (nSPS) is 15.5. The Morgan fingerprint density at radius 1 is 1.08 bits per heavy atom. The van der Waals surface area contributed by atoms with Gasteiger partial charge in [-0.1, -0.05) is 36.6 Å². The van der Waals surface area contributed by atoms with E-state index >= 15 is 0 Å². The standard InChI is InChI=1S/C19H23FN6/c1-13-17-18(19(24-22-13)21-11-14-5-3-2-4-6-14)26(25-23-17)12-15-7-9-16(20)10-8-15/h7-10,14H,2-6,11-12H2,1H3,(H,21,24). The van der Waals surface area contributed by atoms with E-state index in [1.165, 1.54) is 44.2 Å². The Hall–Kier alpha value is -2.57. The first-order chi connectivity index (χ1) is 12.7. The van der Waals surface area contributed by atoms with Gasteiger partial charge in [0.1, 0.15) is 16.9 Å². The van der Waals surface area contributed by atoms with Gasteiger partial charge < -0.3 is 5.32 Å². The van der Waals surface area contributed by atoms with Crippen molar-refractivity contribution < 1.29 is 4.39 Å². The molecule has 3 aromatic rings. The molecule has 1 fully saturated rings. The number of hydrogen-bond donors (Lipinski definition) is 1. The minimum atomic E-state index is -0.242. The maximum atomic E-state index is 13.1. The summed E-state index contributed by atoms with van der Waals surface area (Å²) in [5.74, 6) is 1.17. The van der Waals surface area contributed by atoms with Gasteiger partial charge in [0.2, 0.25) is 0 Å². The highest BCUT2D eigenvalue weighted by atomic mass is 19.1. The third-order valence-corrected chi connectivity index (χ3v) is 5.13. The van der Waals surface area contributed by atoms with Crippen LogP contribution in [0, 0.1) is 18.7 Å². The molecular formula is C19H23FN6. The van der Waals surface area contributed by atoms with Crippen molar-refractivity contribution in [3.63, 3.8) is 0 Å². The molecular weight excluding hydrogens is 331 g/mol.